The monoisotopic (exact) mass is 293 g/mol. The van der Waals surface area contributed by atoms with Crippen molar-refractivity contribution in [2.45, 2.75) is 12.6 Å². The van der Waals surface area contributed by atoms with Crippen LogP contribution in [0.25, 0.3) is 0 Å². The number of carbonyl (C=O) groups is 2. The Kier molecular flexibility index (Phi) is 4.16. The van der Waals surface area contributed by atoms with Crippen molar-refractivity contribution >= 4 is 11.6 Å². The van der Waals surface area contributed by atoms with Gasteiger partial charge >= 0.3 is 6.18 Å². The second-order valence-electron chi connectivity index (χ2n) is 4.34. The topological polar surface area (TPSA) is 47.0 Å². The van der Waals surface area contributed by atoms with E-state index in [-0.39, 0.29) is 11.1 Å². The van der Waals surface area contributed by atoms with Crippen LogP contribution in [-0.4, -0.2) is 16.6 Å². The van der Waals surface area contributed by atoms with E-state index in [4.69, 9.17) is 0 Å². The molecule has 0 aliphatic rings. The van der Waals surface area contributed by atoms with E-state index in [9.17, 15) is 22.8 Å². The molecule has 0 amide bonds. The Morgan fingerprint density at radius 3 is 2.10 bits per heavy atom. The predicted molar refractivity (Wildman–Crippen MR) is 69.0 cm³/mol. The first-order valence-corrected chi connectivity index (χ1v) is 6.01. The maximum absolute atomic E-state index is 12.4. The van der Waals surface area contributed by atoms with Crippen molar-refractivity contribution < 1.29 is 22.8 Å². The van der Waals surface area contributed by atoms with Gasteiger partial charge in [-0.05, 0) is 24.3 Å². The minimum Gasteiger partial charge on any atom is -0.294 e. The average molecular weight is 293 g/mol. The van der Waals surface area contributed by atoms with Gasteiger partial charge in [-0.2, -0.15) is 13.2 Å². The number of ketones is 2. The van der Waals surface area contributed by atoms with E-state index in [1.165, 1.54) is 18.5 Å². The summed E-state index contributed by atoms with van der Waals surface area (Å²) in [5.74, 6) is -0.953. The van der Waals surface area contributed by atoms with Crippen LogP contribution in [0.15, 0.2) is 48.8 Å². The molecule has 108 valence electrons. The Morgan fingerprint density at radius 1 is 0.952 bits per heavy atom. The number of benzene rings is 1. The predicted octanol–water partition coefficient (Wildman–Crippen LogP) is 3.56. The van der Waals surface area contributed by atoms with Crippen LogP contribution in [0, 0.1) is 0 Å². The van der Waals surface area contributed by atoms with Crippen LogP contribution < -0.4 is 0 Å². The molecule has 2 aromatic rings. The molecule has 0 aliphatic heterocycles. The van der Waals surface area contributed by atoms with Gasteiger partial charge < -0.3 is 0 Å². The molecule has 0 saturated heterocycles. The molecule has 0 unspecified atom stereocenters. The number of carbonyl (C=O) groups excluding carboxylic acids is 2. The molecule has 0 atom stereocenters. The van der Waals surface area contributed by atoms with Crippen LogP contribution in [0.5, 0.6) is 0 Å². The zero-order valence-electron chi connectivity index (χ0n) is 10.7. The molecule has 1 aromatic carbocycles. The van der Waals surface area contributed by atoms with E-state index in [1.807, 2.05) is 0 Å². The number of nitrogens with zero attached hydrogens (tertiary/aromatic N) is 1. The van der Waals surface area contributed by atoms with Gasteiger partial charge in [0.2, 0.25) is 0 Å². The second kappa shape index (κ2) is 5.87. The minimum atomic E-state index is -4.45. The second-order valence-corrected chi connectivity index (χ2v) is 4.34. The molecule has 0 radical (unpaired) electrons. The largest absolute Gasteiger partial charge is 0.416 e. The third kappa shape index (κ3) is 3.75. The lowest BCUT2D eigenvalue weighted by molar-refractivity contribution is -0.137. The maximum atomic E-state index is 12.4. The van der Waals surface area contributed by atoms with Crippen LogP contribution in [0.2, 0.25) is 0 Å². The molecule has 0 spiro atoms. The van der Waals surface area contributed by atoms with Crippen molar-refractivity contribution in [3.05, 3.63) is 65.5 Å². The highest BCUT2D eigenvalue weighted by atomic mass is 19.4. The van der Waals surface area contributed by atoms with Crippen LogP contribution >= 0.6 is 0 Å². The van der Waals surface area contributed by atoms with Crippen molar-refractivity contribution in [2.75, 3.05) is 0 Å². The maximum Gasteiger partial charge on any atom is 0.416 e. The fourth-order valence-corrected chi connectivity index (χ4v) is 1.72. The van der Waals surface area contributed by atoms with E-state index in [1.54, 1.807) is 6.07 Å². The van der Waals surface area contributed by atoms with Crippen molar-refractivity contribution in [1.29, 1.82) is 0 Å². The number of rotatable bonds is 4. The van der Waals surface area contributed by atoms with Crippen LogP contribution in [0.3, 0.4) is 0 Å². The summed E-state index contributed by atoms with van der Waals surface area (Å²) in [7, 11) is 0. The summed E-state index contributed by atoms with van der Waals surface area (Å²) in [4.78, 5) is 27.4. The number of alkyl halides is 3. The smallest absolute Gasteiger partial charge is 0.294 e. The van der Waals surface area contributed by atoms with Crippen LogP contribution in [-0.2, 0) is 6.18 Å². The van der Waals surface area contributed by atoms with Gasteiger partial charge in [0.15, 0.2) is 11.6 Å². The normalized spacial score (nSPS) is 11.2. The molecule has 0 aliphatic carbocycles. The van der Waals surface area contributed by atoms with Gasteiger partial charge in [-0.25, -0.2) is 0 Å². The lowest BCUT2D eigenvalue weighted by Gasteiger charge is -2.07. The summed E-state index contributed by atoms with van der Waals surface area (Å²) >= 11 is 0. The van der Waals surface area contributed by atoms with Gasteiger partial charge in [-0.1, -0.05) is 12.1 Å². The zero-order chi connectivity index (χ0) is 15.5. The van der Waals surface area contributed by atoms with E-state index in [0.717, 1.165) is 24.3 Å². The Balaban J connectivity index is 2.09. The molecular weight excluding hydrogens is 283 g/mol. The third-order valence-corrected chi connectivity index (χ3v) is 2.84. The molecule has 1 heterocycles. The summed E-state index contributed by atoms with van der Waals surface area (Å²) < 4.78 is 37.2. The summed E-state index contributed by atoms with van der Waals surface area (Å²) in [5.41, 5.74) is -0.476. The standard InChI is InChI=1S/C15H10F3NO2/c16-15(17,18)12-5-3-10(4-6-12)13(20)8-14(21)11-2-1-7-19-9-11/h1-7,9H,8H2. The number of aromatic nitrogens is 1. The molecule has 3 nitrogen and oxygen atoms in total. The minimum absolute atomic E-state index is 0.0697. The summed E-state index contributed by atoms with van der Waals surface area (Å²) in [6, 6.07) is 6.87. The van der Waals surface area contributed by atoms with E-state index in [2.05, 4.69) is 4.98 Å². The molecule has 21 heavy (non-hydrogen) atoms. The highest BCUT2D eigenvalue weighted by molar-refractivity contribution is 6.13. The fraction of sp³-hybridized carbons (Fsp3) is 0.133. The van der Waals surface area contributed by atoms with E-state index >= 15 is 0 Å². The Labute approximate surface area is 118 Å². The van der Waals surface area contributed by atoms with E-state index in [0.29, 0.717) is 0 Å². The van der Waals surface area contributed by atoms with Crippen molar-refractivity contribution in [1.82, 2.24) is 4.98 Å². The fourth-order valence-electron chi connectivity index (χ4n) is 1.72. The van der Waals surface area contributed by atoms with Crippen molar-refractivity contribution in [2.24, 2.45) is 0 Å². The third-order valence-electron chi connectivity index (χ3n) is 2.84. The zero-order valence-corrected chi connectivity index (χ0v) is 10.7. The number of hydrogen-bond donors (Lipinski definition) is 0. The SMILES string of the molecule is O=C(CC(=O)c1cccnc1)c1ccc(C(F)(F)F)cc1. The van der Waals surface area contributed by atoms with Crippen LogP contribution in [0.4, 0.5) is 13.2 Å². The summed E-state index contributed by atoms with van der Waals surface area (Å²) in [5, 5.41) is 0. The van der Waals surface area contributed by atoms with Gasteiger partial charge in [-0.3, -0.25) is 14.6 Å². The molecule has 0 fully saturated rings. The Hall–Kier alpha value is -2.50. The molecule has 0 bridgehead atoms. The first kappa shape index (κ1) is 14.9. The number of halogens is 3. The Morgan fingerprint density at radius 2 is 1.57 bits per heavy atom. The number of hydrogen-bond acceptors (Lipinski definition) is 3. The van der Waals surface area contributed by atoms with Crippen molar-refractivity contribution in [3.63, 3.8) is 0 Å². The molecule has 6 heteroatoms. The van der Waals surface area contributed by atoms with Gasteiger partial charge in [0, 0.05) is 23.5 Å². The van der Waals surface area contributed by atoms with Gasteiger partial charge in [0.05, 0.1) is 12.0 Å². The molecular formula is C15H10F3NO2. The van der Waals surface area contributed by atoms with Crippen molar-refractivity contribution in [3.8, 4) is 0 Å². The van der Waals surface area contributed by atoms with Gasteiger partial charge in [0.25, 0.3) is 0 Å². The highest BCUT2D eigenvalue weighted by Crippen LogP contribution is 2.29. The average Bonchev–Trinajstić information content (AvgIpc) is 2.47. The first-order chi connectivity index (χ1) is 9.88. The van der Waals surface area contributed by atoms with Crippen LogP contribution in [0.1, 0.15) is 32.7 Å². The molecule has 1 aromatic heterocycles. The summed E-state index contributed by atoms with van der Waals surface area (Å²) in [6.45, 7) is 0. The Bertz CT molecular complexity index is 649. The highest BCUT2D eigenvalue weighted by Gasteiger charge is 2.30. The molecule has 0 saturated carbocycles. The number of pyridine rings is 1. The quantitative estimate of drug-likeness (QED) is 0.639. The lowest BCUT2D eigenvalue weighted by Crippen LogP contribution is -2.10. The lowest BCUT2D eigenvalue weighted by atomic mass is 10.0. The van der Waals surface area contributed by atoms with E-state index < -0.39 is 29.7 Å². The molecule has 2 rings (SSSR count). The first-order valence-electron chi connectivity index (χ1n) is 6.01. The van der Waals surface area contributed by atoms with Gasteiger partial charge in [-0.15, -0.1) is 0 Å². The number of Topliss-reactive ketones (excluding diaryl/α,β-unsaturated/α-hetero) is 2. The molecule has 0 N–H and O–H groups in total. The van der Waals surface area contributed by atoms with Gasteiger partial charge in [0.1, 0.15) is 0 Å². The summed E-state index contributed by atoms with van der Waals surface area (Å²) in [6.07, 6.45) is -2.03.